The summed E-state index contributed by atoms with van der Waals surface area (Å²) in [5, 5.41) is 12.6. The molecule has 0 spiro atoms. The number of esters is 1. The van der Waals surface area contributed by atoms with Crippen molar-refractivity contribution in [2.75, 3.05) is 6.61 Å². The third-order valence-electron chi connectivity index (χ3n) is 4.77. The van der Waals surface area contributed by atoms with Crippen molar-refractivity contribution in [2.45, 2.75) is 31.9 Å². The SMILES string of the molecule is C[C@](C#N)(NC(=O)COC(=O)c1ccc(COc2ccc(Cl)cc2)cc1)C1CC1. The summed E-state index contributed by atoms with van der Waals surface area (Å²) >= 11 is 5.84. The Bertz CT molecular complexity index is 917. The van der Waals surface area contributed by atoms with Crippen LogP contribution in [0.1, 0.15) is 35.7 Å². The molecule has 1 atom stereocenters. The molecule has 1 amide bonds. The third-order valence-corrected chi connectivity index (χ3v) is 5.02. The summed E-state index contributed by atoms with van der Waals surface area (Å²) in [7, 11) is 0. The molecular formula is C22H21ClN2O4. The predicted octanol–water partition coefficient (Wildman–Crippen LogP) is 3.88. The fourth-order valence-corrected chi connectivity index (χ4v) is 2.98. The summed E-state index contributed by atoms with van der Waals surface area (Å²) in [6.45, 7) is 1.60. The van der Waals surface area contributed by atoms with Crippen molar-refractivity contribution in [3.05, 3.63) is 64.7 Å². The minimum Gasteiger partial charge on any atom is -0.489 e. The first-order valence-electron chi connectivity index (χ1n) is 9.26. The molecule has 0 aromatic heterocycles. The van der Waals surface area contributed by atoms with E-state index in [9.17, 15) is 14.9 Å². The van der Waals surface area contributed by atoms with E-state index in [1.54, 1.807) is 55.5 Å². The van der Waals surface area contributed by atoms with Crippen LogP contribution in [-0.4, -0.2) is 24.0 Å². The molecule has 0 unspecified atom stereocenters. The molecule has 2 aromatic rings. The van der Waals surface area contributed by atoms with Crippen LogP contribution in [0, 0.1) is 17.2 Å². The number of rotatable bonds is 8. The quantitative estimate of drug-likeness (QED) is 0.664. The molecule has 0 radical (unpaired) electrons. The van der Waals surface area contributed by atoms with Crippen LogP contribution < -0.4 is 10.1 Å². The van der Waals surface area contributed by atoms with Crippen molar-refractivity contribution in [3.63, 3.8) is 0 Å². The highest BCUT2D eigenvalue weighted by Gasteiger charge is 2.43. The fourth-order valence-electron chi connectivity index (χ4n) is 2.86. The lowest BCUT2D eigenvalue weighted by molar-refractivity contribution is -0.125. The van der Waals surface area contributed by atoms with Crippen molar-refractivity contribution in [1.29, 1.82) is 5.26 Å². The molecular weight excluding hydrogens is 392 g/mol. The smallest absolute Gasteiger partial charge is 0.338 e. The standard InChI is InChI=1S/C22H21ClN2O4/c1-22(14-24,17-6-7-17)25-20(26)13-29-21(27)16-4-2-15(3-5-16)12-28-19-10-8-18(23)9-11-19/h2-5,8-11,17H,6-7,12-13H2,1H3,(H,25,26)/t22-/m1/s1. The second-order valence-corrected chi connectivity index (χ2v) is 7.59. The maximum absolute atomic E-state index is 12.1. The number of nitrogens with one attached hydrogen (secondary N) is 1. The zero-order valence-corrected chi connectivity index (χ0v) is 16.7. The van der Waals surface area contributed by atoms with Crippen LogP contribution in [-0.2, 0) is 16.1 Å². The van der Waals surface area contributed by atoms with Gasteiger partial charge >= 0.3 is 5.97 Å². The lowest BCUT2D eigenvalue weighted by Crippen LogP contribution is -2.48. The largest absolute Gasteiger partial charge is 0.489 e. The molecule has 1 fully saturated rings. The number of halogens is 1. The summed E-state index contributed by atoms with van der Waals surface area (Å²) in [4.78, 5) is 24.2. The van der Waals surface area contributed by atoms with Crippen molar-refractivity contribution in [3.8, 4) is 11.8 Å². The number of hydrogen-bond donors (Lipinski definition) is 1. The van der Waals surface area contributed by atoms with Crippen molar-refractivity contribution in [2.24, 2.45) is 5.92 Å². The summed E-state index contributed by atoms with van der Waals surface area (Å²) in [5.74, 6) is -0.230. The van der Waals surface area contributed by atoms with Gasteiger partial charge in [-0.2, -0.15) is 5.26 Å². The first kappa shape index (κ1) is 20.7. The van der Waals surface area contributed by atoms with E-state index in [0.29, 0.717) is 22.9 Å². The van der Waals surface area contributed by atoms with Crippen LogP contribution in [0.15, 0.2) is 48.5 Å². The molecule has 0 heterocycles. The Morgan fingerprint density at radius 2 is 1.83 bits per heavy atom. The second-order valence-electron chi connectivity index (χ2n) is 7.15. The molecule has 0 saturated heterocycles. The minimum atomic E-state index is -0.908. The lowest BCUT2D eigenvalue weighted by atomic mass is 9.98. The second kappa shape index (κ2) is 8.97. The molecule has 6 nitrogen and oxygen atoms in total. The maximum atomic E-state index is 12.1. The molecule has 1 aliphatic carbocycles. The monoisotopic (exact) mass is 412 g/mol. The van der Waals surface area contributed by atoms with E-state index in [1.807, 2.05) is 0 Å². The fraction of sp³-hybridized carbons (Fsp3) is 0.318. The molecule has 1 aliphatic rings. The Labute approximate surface area is 174 Å². The molecule has 3 rings (SSSR count). The van der Waals surface area contributed by atoms with E-state index in [0.717, 1.165) is 18.4 Å². The van der Waals surface area contributed by atoms with Gasteiger partial charge in [0.2, 0.25) is 0 Å². The number of ether oxygens (including phenoxy) is 2. The van der Waals surface area contributed by atoms with Crippen LogP contribution >= 0.6 is 11.6 Å². The molecule has 1 saturated carbocycles. The van der Waals surface area contributed by atoms with Gasteiger partial charge in [-0.1, -0.05) is 23.7 Å². The van der Waals surface area contributed by atoms with Gasteiger partial charge in [-0.3, -0.25) is 4.79 Å². The van der Waals surface area contributed by atoms with Crippen molar-refractivity contribution in [1.82, 2.24) is 5.32 Å². The van der Waals surface area contributed by atoms with Gasteiger partial charge in [0.05, 0.1) is 11.6 Å². The van der Waals surface area contributed by atoms with Gasteiger partial charge in [0.25, 0.3) is 5.91 Å². The molecule has 7 heteroatoms. The van der Waals surface area contributed by atoms with Crippen LogP contribution in [0.3, 0.4) is 0 Å². The molecule has 0 aliphatic heterocycles. The number of benzene rings is 2. The van der Waals surface area contributed by atoms with E-state index >= 15 is 0 Å². The van der Waals surface area contributed by atoms with Gasteiger partial charge in [-0.05, 0) is 67.6 Å². The molecule has 0 bridgehead atoms. The van der Waals surface area contributed by atoms with Crippen LogP contribution in [0.5, 0.6) is 5.75 Å². The number of carbonyl (C=O) groups excluding carboxylic acids is 2. The van der Waals surface area contributed by atoms with E-state index in [2.05, 4.69) is 11.4 Å². The molecule has 29 heavy (non-hydrogen) atoms. The lowest BCUT2D eigenvalue weighted by Gasteiger charge is -2.22. The van der Waals surface area contributed by atoms with Gasteiger partial charge in [-0.15, -0.1) is 0 Å². The minimum absolute atomic E-state index is 0.162. The zero-order chi connectivity index (χ0) is 20.9. The van der Waals surface area contributed by atoms with Crippen LogP contribution in [0.25, 0.3) is 0 Å². The molecule has 2 aromatic carbocycles. The number of carbonyl (C=O) groups is 2. The Hall–Kier alpha value is -3.04. The van der Waals surface area contributed by atoms with E-state index in [-0.39, 0.29) is 5.92 Å². The Balaban J connectivity index is 1.46. The highest BCUT2D eigenvalue weighted by atomic mass is 35.5. The normalized spacial score (nSPS) is 14.9. The summed E-state index contributed by atoms with van der Waals surface area (Å²) in [6.07, 6.45) is 1.83. The average Bonchev–Trinajstić information content (AvgIpc) is 3.58. The Morgan fingerprint density at radius 3 is 2.41 bits per heavy atom. The third kappa shape index (κ3) is 5.72. The number of nitrogens with zero attached hydrogens (tertiary/aromatic N) is 1. The molecule has 1 N–H and O–H groups in total. The summed E-state index contributed by atoms with van der Waals surface area (Å²) < 4.78 is 10.7. The van der Waals surface area contributed by atoms with Gasteiger partial charge in [-0.25, -0.2) is 4.79 Å². The number of nitriles is 1. The van der Waals surface area contributed by atoms with Crippen LogP contribution in [0.2, 0.25) is 5.02 Å². The highest BCUT2D eigenvalue weighted by Crippen LogP contribution is 2.39. The van der Waals surface area contributed by atoms with E-state index < -0.39 is 24.0 Å². The Morgan fingerprint density at radius 1 is 1.17 bits per heavy atom. The van der Waals surface area contributed by atoms with Crippen LogP contribution in [0.4, 0.5) is 0 Å². The van der Waals surface area contributed by atoms with Gasteiger partial charge < -0.3 is 14.8 Å². The topological polar surface area (TPSA) is 88.4 Å². The average molecular weight is 413 g/mol. The number of hydrogen-bond acceptors (Lipinski definition) is 5. The number of amides is 1. The summed E-state index contributed by atoms with van der Waals surface area (Å²) in [6, 6.07) is 15.9. The van der Waals surface area contributed by atoms with Crippen molar-refractivity contribution < 1.29 is 19.1 Å². The maximum Gasteiger partial charge on any atom is 0.338 e. The zero-order valence-electron chi connectivity index (χ0n) is 16.0. The first-order valence-corrected chi connectivity index (χ1v) is 9.64. The Kier molecular flexibility index (Phi) is 6.40. The van der Waals surface area contributed by atoms with E-state index in [4.69, 9.17) is 21.1 Å². The molecule has 150 valence electrons. The van der Waals surface area contributed by atoms with Gasteiger partial charge in [0.1, 0.15) is 17.9 Å². The van der Waals surface area contributed by atoms with Gasteiger partial charge in [0.15, 0.2) is 6.61 Å². The van der Waals surface area contributed by atoms with E-state index in [1.165, 1.54) is 0 Å². The van der Waals surface area contributed by atoms with Gasteiger partial charge in [0, 0.05) is 5.02 Å². The van der Waals surface area contributed by atoms with Crippen molar-refractivity contribution >= 4 is 23.5 Å². The summed E-state index contributed by atoms with van der Waals surface area (Å²) in [5.41, 5.74) is 0.302. The first-order chi connectivity index (χ1) is 13.9. The predicted molar refractivity (Wildman–Crippen MR) is 107 cm³/mol. The highest BCUT2D eigenvalue weighted by molar-refractivity contribution is 6.30.